The Labute approximate surface area is 119 Å². The van der Waals surface area contributed by atoms with Gasteiger partial charge in [0.05, 0.1) is 17.2 Å². The minimum atomic E-state index is -0.770. The summed E-state index contributed by atoms with van der Waals surface area (Å²) in [5.41, 5.74) is 0.193. The molecule has 0 aliphatic heterocycles. The molecule has 2 unspecified atom stereocenters. The maximum atomic E-state index is 13.8. The molecule has 19 heavy (non-hydrogen) atoms. The Bertz CT molecular complexity index is 415. The predicted octanol–water partition coefficient (Wildman–Crippen LogP) is 3.83. The predicted molar refractivity (Wildman–Crippen MR) is 76.0 cm³/mol. The lowest BCUT2D eigenvalue weighted by molar-refractivity contribution is -0.0875. The largest absolute Gasteiger partial charge is 0.390 e. The Hall–Kier alpha value is -0.640. The van der Waals surface area contributed by atoms with Crippen molar-refractivity contribution in [2.45, 2.75) is 46.3 Å². The summed E-state index contributed by atoms with van der Waals surface area (Å²) in [6.07, 6.45) is -0.933. The fourth-order valence-corrected chi connectivity index (χ4v) is 2.35. The summed E-state index contributed by atoms with van der Waals surface area (Å²) < 4.78 is 19.4. The molecule has 0 aliphatic carbocycles. The summed E-state index contributed by atoms with van der Waals surface area (Å²) in [5, 5.41) is 10.4. The van der Waals surface area contributed by atoms with Gasteiger partial charge in [0.25, 0.3) is 0 Å². The molecule has 0 aliphatic rings. The van der Waals surface area contributed by atoms with Crippen LogP contribution in [0.25, 0.3) is 0 Å². The first kappa shape index (κ1) is 16.4. The van der Waals surface area contributed by atoms with Crippen LogP contribution in [0.5, 0.6) is 0 Å². The molecule has 1 rings (SSSR count). The highest BCUT2D eigenvalue weighted by Crippen LogP contribution is 2.28. The van der Waals surface area contributed by atoms with Crippen LogP contribution in [-0.2, 0) is 11.2 Å². The van der Waals surface area contributed by atoms with Crippen molar-refractivity contribution in [1.82, 2.24) is 0 Å². The molecule has 0 heterocycles. The molecule has 1 aromatic carbocycles. The third kappa shape index (κ3) is 4.44. The van der Waals surface area contributed by atoms with E-state index in [0.717, 1.165) is 0 Å². The summed E-state index contributed by atoms with van der Waals surface area (Å²) >= 11 is 5.74. The second-order valence-electron chi connectivity index (χ2n) is 5.73. The van der Waals surface area contributed by atoms with Crippen LogP contribution in [0.4, 0.5) is 4.39 Å². The third-order valence-corrected chi connectivity index (χ3v) is 3.30. The SMILES string of the molecule is CCOC(C(O)Cc1cccc(Cl)c1F)C(C)(C)C. The molecule has 0 amide bonds. The Morgan fingerprint density at radius 2 is 2.00 bits per heavy atom. The van der Waals surface area contributed by atoms with E-state index in [1.165, 1.54) is 6.07 Å². The topological polar surface area (TPSA) is 29.5 Å². The van der Waals surface area contributed by atoms with Crippen molar-refractivity contribution in [2.24, 2.45) is 5.41 Å². The fourth-order valence-electron chi connectivity index (χ4n) is 2.16. The van der Waals surface area contributed by atoms with Crippen LogP contribution < -0.4 is 0 Å². The van der Waals surface area contributed by atoms with Crippen molar-refractivity contribution >= 4 is 11.6 Å². The lowest BCUT2D eigenvalue weighted by atomic mass is 9.83. The van der Waals surface area contributed by atoms with E-state index >= 15 is 0 Å². The van der Waals surface area contributed by atoms with E-state index in [1.54, 1.807) is 12.1 Å². The molecular formula is C15H22ClFO2. The minimum Gasteiger partial charge on any atom is -0.390 e. The zero-order valence-electron chi connectivity index (χ0n) is 11.9. The van der Waals surface area contributed by atoms with E-state index in [1.807, 2.05) is 27.7 Å². The van der Waals surface area contributed by atoms with Crippen molar-refractivity contribution in [3.63, 3.8) is 0 Å². The number of rotatable bonds is 5. The maximum absolute atomic E-state index is 13.8. The van der Waals surface area contributed by atoms with Crippen LogP contribution in [-0.4, -0.2) is 23.9 Å². The van der Waals surface area contributed by atoms with Gasteiger partial charge in [-0.15, -0.1) is 0 Å². The lowest BCUT2D eigenvalue weighted by Gasteiger charge is -2.34. The van der Waals surface area contributed by atoms with Crippen LogP contribution in [0.1, 0.15) is 33.3 Å². The Kier molecular flexibility index (Phi) is 5.78. The van der Waals surface area contributed by atoms with Crippen LogP contribution in [0.15, 0.2) is 18.2 Å². The zero-order valence-corrected chi connectivity index (χ0v) is 12.7. The number of ether oxygens (including phenoxy) is 1. The van der Waals surface area contributed by atoms with Crippen LogP contribution in [0.3, 0.4) is 0 Å². The highest BCUT2D eigenvalue weighted by Gasteiger charge is 2.32. The average molecular weight is 289 g/mol. The fraction of sp³-hybridized carbons (Fsp3) is 0.600. The molecule has 4 heteroatoms. The van der Waals surface area contributed by atoms with E-state index in [-0.39, 0.29) is 23.0 Å². The van der Waals surface area contributed by atoms with Crippen LogP contribution >= 0.6 is 11.6 Å². The molecule has 1 aromatic rings. The van der Waals surface area contributed by atoms with Gasteiger partial charge in [-0.2, -0.15) is 0 Å². The molecule has 0 aromatic heterocycles. The summed E-state index contributed by atoms with van der Waals surface area (Å²) in [6, 6.07) is 4.81. The molecule has 0 fully saturated rings. The lowest BCUT2D eigenvalue weighted by Crippen LogP contribution is -2.41. The minimum absolute atomic E-state index is 0.0772. The first-order chi connectivity index (χ1) is 8.77. The van der Waals surface area contributed by atoms with Gasteiger partial charge in [0.2, 0.25) is 0 Å². The quantitative estimate of drug-likeness (QED) is 0.892. The average Bonchev–Trinajstić information content (AvgIpc) is 2.30. The Morgan fingerprint density at radius 3 is 2.53 bits per heavy atom. The molecule has 0 saturated heterocycles. The maximum Gasteiger partial charge on any atom is 0.145 e. The molecule has 0 spiro atoms. The van der Waals surface area contributed by atoms with E-state index in [9.17, 15) is 9.50 Å². The van der Waals surface area contributed by atoms with E-state index < -0.39 is 11.9 Å². The van der Waals surface area contributed by atoms with Gasteiger partial charge < -0.3 is 9.84 Å². The number of hydrogen-bond donors (Lipinski definition) is 1. The monoisotopic (exact) mass is 288 g/mol. The van der Waals surface area contributed by atoms with Gasteiger partial charge in [-0.3, -0.25) is 0 Å². The van der Waals surface area contributed by atoms with Gasteiger partial charge in [-0.25, -0.2) is 4.39 Å². The Morgan fingerprint density at radius 1 is 1.37 bits per heavy atom. The molecule has 2 atom stereocenters. The van der Waals surface area contributed by atoms with Crippen LogP contribution in [0.2, 0.25) is 5.02 Å². The highest BCUT2D eigenvalue weighted by atomic mass is 35.5. The molecule has 0 bridgehead atoms. The number of aliphatic hydroxyl groups is 1. The van der Waals surface area contributed by atoms with Crippen molar-refractivity contribution in [3.8, 4) is 0 Å². The summed E-state index contributed by atoms with van der Waals surface area (Å²) in [7, 11) is 0. The normalized spacial score (nSPS) is 15.3. The van der Waals surface area contributed by atoms with Gasteiger partial charge in [0, 0.05) is 13.0 Å². The van der Waals surface area contributed by atoms with E-state index in [0.29, 0.717) is 12.2 Å². The van der Waals surface area contributed by atoms with Gasteiger partial charge in [0.1, 0.15) is 5.82 Å². The van der Waals surface area contributed by atoms with Gasteiger partial charge in [0.15, 0.2) is 0 Å². The molecular weight excluding hydrogens is 267 g/mol. The first-order valence-corrected chi connectivity index (χ1v) is 6.87. The molecule has 0 radical (unpaired) electrons. The number of benzene rings is 1. The molecule has 108 valence electrons. The smallest absolute Gasteiger partial charge is 0.145 e. The number of hydrogen-bond acceptors (Lipinski definition) is 2. The summed E-state index contributed by atoms with van der Waals surface area (Å²) in [5.74, 6) is -0.465. The zero-order chi connectivity index (χ0) is 14.6. The summed E-state index contributed by atoms with van der Waals surface area (Å²) in [4.78, 5) is 0. The number of halogens is 2. The first-order valence-electron chi connectivity index (χ1n) is 6.50. The van der Waals surface area contributed by atoms with Gasteiger partial charge >= 0.3 is 0 Å². The second-order valence-corrected chi connectivity index (χ2v) is 6.13. The van der Waals surface area contributed by atoms with Crippen molar-refractivity contribution < 1.29 is 14.2 Å². The summed E-state index contributed by atoms with van der Waals surface area (Å²) in [6.45, 7) is 8.36. The van der Waals surface area contributed by atoms with Gasteiger partial charge in [-0.1, -0.05) is 44.5 Å². The van der Waals surface area contributed by atoms with E-state index in [2.05, 4.69) is 0 Å². The van der Waals surface area contributed by atoms with Crippen molar-refractivity contribution in [1.29, 1.82) is 0 Å². The van der Waals surface area contributed by atoms with Gasteiger partial charge in [-0.05, 0) is 24.0 Å². The van der Waals surface area contributed by atoms with Crippen LogP contribution in [0, 0.1) is 11.2 Å². The molecule has 2 nitrogen and oxygen atoms in total. The molecule has 1 N–H and O–H groups in total. The molecule has 0 saturated carbocycles. The third-order valence-electron chi connectivity index (χ3n) is 3.01. The number of aliphatic hydroxyl groups excluding tert-OH is 1. The van der Waals surface area contributed by atoms with Crippen molar-refractivity contribution in [3.05, 3.63) is 34.6 Å². The second kappa shape index (κ2) is 6.69. The highest BCUT2D eigenvalue weighted by molar-refractivity contribution is 6.30. The van der Waals surface area contributed by atoms with Crippen molar-refractivity contribution in [2.75, 3.05) is 6.61 Å². The standard InChI is InChI=1S/C15H22ClFO2/c1-5-19-14(15(2,3)4)12(18)9-10-7-6-8-11(16)13(10)17/h6-8,12,14,18H,5,9H2,1-4H3. The Balaban J connectivity index is 2.87. The van der Waals surface area contributed by atoms with E-state index in [4.69, 9.17) is 16.3 Å².